The number of imidazole rings is 1. The lowest BCUT2D eigenvalue weighted by Gasteiger charge is -2.11. The van der Waals surface area contributed by atoms with Gasteiger partial charge >= 0.3 is 0 Å². The first-order valence-electron chi connectivity index (χ1n) is 4.75. The zero-order chi connectivity index (χ0) is 12.4. The van der Waals surface area contributed by atoms with Crippen molar-refractivity contribution in [2.24, 2.45) is 12.0 Å². The molecule has 0 fully saturated rings. The predicted octanol–water partition coefficient (Wildman–Crippen LogP) is 2.17. The van der Waals surface area contributed by atoms with Gasteiger partial charge < -0.3 is 9.67 Å². The number of benzene rings is 1. The van der Waals surface area contributed by atoms with Crippen LogP contribution in [0.4, 0.5) is 5.69 Å². The van der Waals surface area contributed by atoms with Crippen LogP contribution in [0.15, 0.2) is 35.7 Å². The Bertz CT molecular complexity index is 578. The summed E-state index contributed by atoms with van der Waals surface area (Å²) >= 11 is 11.7. The average molecular weight is 269 g/mol. The molecule has 0 aliphatic rings. The molecule has 0 saturated carbocycles. The molecule has 2 rings (SSSR count). The van der Waals surface area contributed by atoms with Gasteiger partial charge in [0, 0.05) is 18.0 Å². The molecule has 4 nitrogen and oxygen atoms in total. The van der Waals surface area contributed by atoms with Gasteiger partial charge in [0.15, 0.2) is 0 Å². The highest BCUT2D eigenvalue weighted by Crippen LogP contribution is 2.28. The van der Waals surface area contributed by atoms with Crippen LogP contribution >= 0.6 is 23.2 Å². The lowest BCUT2D eigenvalue weighted by molar-refractivity contribution is -0.213. The number of hydrogen-bond acceptors (Lipinski definition) is 3. The van der Waals surface area contributed by atoms with Gasteiger partial charge in [0.25, 0.3) is 0 Å². The van der Waals surface area contributed by atoms with Crippen LogP contribution in [-0.2, 0) is 7.05 Å². The Hall–Kier alpha value is -1.52. The van der Waals surface area contributed by atoms with Crippen LogP contribution in [0.5, 0.6) is 0 Å². The molecule has 1 aromatic carbocycles. The van der Waals surface area contributed by atoms with E-state index < -0.39 is 5.90 Å². The maximum atomic E-state index is 11.8. The smallest absolute Gasteiger partial charge is 0.0948 e. The van der Waals surface area contributed by atoms with Crippen LogP contribution in [0.1, 0.15) is 5.69 Å². The number of rotatable bonds is 2. The fourth-order valence-corrected chi connectivity index (χ4v) is 1.75. The highest BCUT2D eigenvalue weighted by molar-refractivity contribution is 6.36. The Balaban J connectivity index is 2.39. The second-order valence-electron chi connectivity index (χ2n) is 3.40. The first-order chi connectivity index (χ1) is 8.08. The van der Waals surface area contributed by atoms with Gasteiger partial charge in [-0.1, -0.05) is 23.2 Å². The van der Waals surface area contributed by atoms with Gasteiger partial charge in [-0.25, -0.2) is 4.98 Å². The average Bonchev–Trinajstić information content (AvgIpc) is 2.68. The standard InChI is InChI=1S/C11H9Cl2N3O/c1-16-6-14-5-10(16)11(17)15-9-3-2-7(12)4-8(9)13/h2-6H,1H3,(H,15,17)/p-1. The zero-order valence-electron chi connectivity index (χ0n) is 8.89. The summed E-state index contributed by atoms with van der Waals surface area (Å²) in [6.45, 7) is 0. The van der Waals surface area contributed by atoms with E-state index in [1.165, 1.54) is 12.5 Å². The van der Waals surface area contributed by atoms with Crippen molar-refractivity contribution in [3.63, 3.8) is 0 Å². The van der Waals surface area contributed by atoms with E-state index >= 15 is 0 Å². The van der Waals surface area contributed by atoms with Gasteiger partial charge in [-0.2, -0.15) is 0 Å². The second kappa shape index (κ2) is 4.77. The summed E-state index contributed by atoms with van der Waals surface area (Å²) in [5, 5.41) is 12.7. The Kier molecular flexibility index (Phi) is 3.36. The van der Waals surface area contributed by atoms with Crippen LogP contribution in [0, 0.1) is 0 Å². The molecule has 1 aromatic heterocycles. The van der Waals surface area contributed by atoms with Gasteiger partial charge in [0.05, 0.1) is 28.9 Å². The van der Waals surface area contributed by atoms with Crippen LogP contribution in [0.25, 0.3) is 0 Å². The number of nitrogens with zero attached hydrogens (tertiary/aromatic N) is 3. The van der Waals surface area contributed by atoms with E-state index in [1.54, 1.807) is 29.8 Å². The fourth-order valence-electron chi connectivity index (χ4n) is 1.30. The first kappa shape index (κ1) is 12.0. The Morgan fingerprint density at radius 3 is 2.76 bits per heavy atom. The molecule has 0 N–H and O–H groups in total. The molecule has 0 unspecified atom stereocenters. The van der Waals surface area contributed by atoms with E-state index in [4.69, 9.17) is 23.2 Å². The highest BCUT2D eigenvalue weighted by atomic mass is 35.5. The van der Waals surface area contributed by atoms with Gasteiger partial charge in [-0.05, 0) is 18.2 Å². The molecule has 0 radical (unpaired) electrons. The Morgan fingerprint density at radius 2 is 2.18 bits per heavy atom. The number of hydrogen-bond donors (Lipinski definition) is 0. The second-order valence-corrected chi connectivity index (χ2v) is 4.25. The molecule has 0 saturated heterocycles. The van der Waals surface area contributed by atoms with Crippen LogP contribution in [0.3, 0.4) is 0 Å². The van der Waals surface area contributed by atoms with Crippen LogP contribution in [-0.4, -0.2) is 15.4 Å². The summed E-state index contributed by atoms with van der Waals surface area (Å²) < 4.78 is 1.59. The van der Waals surface area contributed by atoms with Crippen molar-refractivity contribution in [1.82, 2.24) is 9.55 Å². The van der Waals surface area contributed by atoms with Gasteiger partial charge in [-0.3, -0.25) is 4.99 Å². The van der Waals surface area contributed by atoms with Crippen molar-refractivity contribution >= 4 is 34.8 Å². The molecule has 0 aliphatic carbocycles. The van der Waals surface area contributed by atoms with E-state index in [1.807, 2.05) is 0 Å². The quantitative estimate of drug-likeness (QED) is 0.619. The van der Waals surface area contributed by atoms with Crippen LogP contribution < -0.4 is 5.11 Å². The van der Waals surface area contributed by atoms with Gasteiger partial charge in [0.2, 0.25) is 0 Å². The topological polar surface area (TPSA) is 53.2 Å². The summed E-state index contributed by atoms with van der Waals surface area (Å²) in [4.78, 5) is 7.76. The number of aliphatic imine (C=N–C) groups is 1. The molecule has 2 aromatic rings. The first-order valence-corrected chi connectivity index (χ1v) is 5.51. The Labute approximate surface area is 108 Å². The molecule has 0 aliphatic heterocycles. The SMILES string of the molecule is Cn1cncc1C([O-])=Nc1ccc(Cl)cc1Cl. The zero-order valence-corrected chi connectivity index (χ0v) is 10.4. The summed E-state index contributed by atoms with van der Waals surface area (Å²) in [5.41, 5.74) is 0.790. The monoisotopic (exact) mass is 268 g/mol. The van der Waals surface area contributed by atoms with E-state index in [2.05, 4.69) is 9.98 Å². The minimum Gasteiger partial charge on any atom is -0.857 e. The van der Waals surface area contributed by atoms with Crippen molar-refractivity contribution in [2.75, 3.05) is 0 Å². The molecule has 0 spiro atoms. The fraction of sp³-hybridized carbons (Fsp3) is 0.0909. The van der Waals surface area contributed by atoms with Crippen molar-refractivity contribution < 1.29 is 5.11 Å². The number of aryl methyl sites for hydroxylation is 1. The van der Waals surface area contributed by atoms with E-state index in [-0.39, 0.29) is 0 Å². The lowest BCUT2D eigenvalue weighted by atomic mass is 10.3. The third-order valence-electron chi connectivity index (χ3n) is 2.17. The number of halogens is 2. The van der Waals surface area contributed by atoms with Crippen molar-refractivity contribution in [1.29, 1.82) is 0 Å². The van der Waals surface area contributed by atoms with E-state index in [0.29, 0.717) is 21.4 Å². The highest BCUT2D eigenvalue weighted by Gasteiger charge is 2.01. The molecule has 0 atom stereocenters. The third kappa shape index (κ3) is 2.60. The summed E-state index contributed by atoms with van der Waals surface area (Å²) in [7, 11) is 1.72. The van der Waals surface area contributed by atoms with E-state index in [9.17, 15) is 5.11 Å². The molecule has 0 bridgehead atoms. The lowest BCUT2D eigenvalue weighted by Crippen LogP contribution is -2.21. The molecule has 17 heavy (non-hydrogen) atoms. The maximum absolute atomic E-state index is 11.8. The summed E-state index contributed by atoms with van der Waals surface area (Å²) in [6.07, 6.45) is 2.99. The van der Waals surface area contributed by atoms with Crippen molar-refractivity contribution in [3.05, 3.63) is 46.5 Å². The Morgan fingerprint density at radius 1 is 1.41 bits per heavy atom. The minimum atomic E-state index is -0.394. The molecule has 0 amide bonds. The van der Waals surface area contributed by atoms with E-state index in [0.717, 1.165) is 0 Å². The maximum Gasteiger partial charge on any atom is 0.0948 e. The van der Waals surface area contributed by atoms with Crippen LogP contribution in [0.2, 0.25) is 10.0 Å². The molecular formula is C11H8Cl2N3O-. The number of aromatic nitrogens is 2. The summed E-state index contributed by atoms with van der Waals surface area (Å²) in [6, 6.07) is 4.76. The van der Waals surface area contributed by atoms with Crippen molar-refractivity contribution in [2.45, 2.75) is 0 Å². The molecule has 88 valence electrons. The third-order valence-corrected chi connectivity index (χ3v) is 2.71. The normalized spacial score (nSPS) is 11.8. The minimum absolute atomic E-state index is 0.341. The largest absolute Gasteiger partial charge is 0.857 e. The van der Waals surface area contributed by atoms with Crippen molar-refractivity contribution in [3.8, 4) is 0 Å². The van der Waals surface area contributed by atoms with Gasteiger partial charge in [0.1, 0.15) is 0 Å². The van der Waals surface area contributed by atoms with Gasteiger partial charge in [-0.15, -0.1) is 0 Å². The molecule has 1 heterocycles. The molecule has 6 heteroatoms. The molecular weight excluding hydrogens is 261 g/mol. The summed E-state index contributed by atoms with van der Waals surface area (Å²) in [5.74, 6) is -0.394. The predicted molar refractivity (Wildman–Crippen MR) is 65.9 cm³/mol.